The number of hydrogen-bond donors (Lipinski definition) is 1. The minimum absolute atomic E-state index is 0.0260. The Hall–Kier alpha value is -1.51. The molecule has 3 heterocycles. The van der Waals surface area contributed by atoms with Crippen molar-refractivity contribution in [3.05, 3.63) is 32.8 Å². The number of carboxylic acid groups (broad SMARTS) is 1. The highest BCUT2D eigenvalue weighted by atomic mass is 32.2. The molecule has 3 aromatic heterocycles. The normalized spacial score (nSPS) is 11.2. The first-order chi connectivity index (χ1) is 10.5. The van der Waals surface area contributed by atoms with Gasteiger partial charge in [0.25, 0.3) is 0 Å². The third-order valence-electron chi connectivity index (χ3n) is 3.19. The Morgan fingerprint density at radius 3 is 2.95 bits per heavy atom. The highest BCUT2D eigenvalue weighted by Crippen LogP contribution is 2.35. The van der Waals surface area contributed by atoms with Gasteiger partial charge in [-0.2, -0.15) is 0 Å². The third-order valence-corrected chi connectivity index (χ3v) is 6.39. The zero-order valence-corrected chi connectivity index (χ0v) is 14.4. The molecule has 0 unspecified atom stereocenters. The van der Waals surface area contributed by atoms with Crippen LogP contribution in [0.15, 0.2) is 16.7 Å². The molecule has 0 amide bonds. The second-order valence-electron chi connectivity index (χ2n) is 4.73. The maximum absolute atomic E-state index is 10.7. The van der Waals surface area contributed by atoms with Crippen LogP contribution < -0.4 is 0 Å². The third kappa shape index (κ3) is 3.13. The molecular weight excluding hydrogens is 338 g/mol. The monoisotopic (exact) mass is 351 g/mol. The summed E-state index contributed by atoms with van der Waals surface area (Å²) >= 11 is 4.79. The molecule has 114 valence electrons. The molecule has 1 N–H and O–H groups in total. The highest BCUT2D eigenvalue weighted by molar-refractivity contribution is 7.98. The predicted octanol–water partition coefficient (Wildman–Crippen LogP) is 3.68. The minimum Gasteiger partial charge on any atom is -0.481 e. The molecule has 3 rings (SSSR count). The van der Waals surface area contributed by atoms with Crippen molar-refractivity contribution in [2.75, 3.05) is 0 Å². The SMILES string of the molecule is Cc1sc2ncnc(SCc3nc(CC(=O)O)cs3)c2c1C. The molecule has 0 radical (unpaired) electrons. The molecule has 5 nitrogen and oxygen atoms in total. The first-order valence-corrected chi connectivity index (χ1v) is 9.21. The van der Waals surface area contributed by atoms with Gasteiger partial charge in [-0.15, -0.1) is 22.7 Å². The molecule has 0 aliphatic carbocycles. The molecule has 8 heteroatoms. The molecule has 0 aliphatic rings. The Morgan fingerprint density at radius 1 is 1.36 bits per heavy atom. The summed E-state index contributed by atoms with van der Waals surface area (Å²) in [6, 6.07) is 0. The summed E-state index contributed by atoms with van der Waals surface area (Å²) in [5, 5.41) is 13.6. The number of thiazole rings is 1. The Labute approximate surface area is 139 Å². The van der Waals surface area contributed by atoms with E-state index in [1.807, 2.05) is 0 Å². The van der Waals surface area contributed by atoms with E-state index in [2.05, 4.69) is 28.8 Å². The summed E-state index contributed by atoms with van der Waals surface area (Å²) in [7, 11) is 0. The van der Waals surface area contributed by atoms with Gasteiger partial charge in [-0.1, -0.05) is 11.8 Å². The molecular formula is C14H13N3O2S3. The van der Waals surface area contributed by atoms with Crippen LogP contribution in [0, 0.1) is 13.8 Å². The minimum atomic E-state index is -0.855. The second kappa shape index (κ2) is 6.31. The van der Waals surface area contributed by atoms with Crippen molar-refractivity contribution in [1.29, 1.82) is 0 Å². The van der Waals surface area contributed by atoms with Crippen LogP contribution in [0.4, 0.5) is 0 Å². The number of fused-ring (bicyclic) bond motifs is 1. The van der Waals surface area contributed by atoms with Crippen molar-refractivity contribution in [2.45, 2.75) is 31.0 Å². The smallest absolute Gasteiger partial charge is 0.309 e. The summed E-state index contributed by atoms with van der Waals surface area (Å²) in [4.78, 5) is 26.0. The van der Waals surface area contributed by atoms with Crippen molar-refractivity contribution >= 4 is 50.6 Å². The molecule has 0 bridgehead atoms. The van der Waals surface area contributed by atoms with Crippen molar-refractivity contribution in [3.63, 3.8) is 0 Å². The van der Waals surface area contributed by atoms with Crippen molar-refractivity contribution in [2.24, 2.45) is 0 Å². The summed E-state index contributed by atoms with van der Waals surface area (Å²) in [5.41, 5.74) is 1.84. The number of aromatic nitrogens is 3. The van der Waals surface area contributed by atoms with Crippen LogP contribution in [-0.4, -0.2) is 26.0 Å². The second-order valence-corrected chi connectivity index (χ2v) is 7.84. The molecule has 0 aromatic carbocycles. The zero-order chi connectivity index (χ0) is 15.7. The molecule has 22 heavy (non-hydrogen) atoms. The lowest BCUT2D eigenvalue weighted by molar-refractivity contribution is -0.136. The number of nitrogens with zero attached hydrogens (tertiary/aromatic N) is 3. The van der Waals surface area contributed by atoms with E-state index in [4.69, 9.17) is 5.11 Å². The van der Waals surface area contributed by atoms with E-state index in [1.165, 1.54) is 21.8 Å². The van der Waals surface area contributed by atoms with Crippen molar-refractivity contribution < 1.29 is 9.90 Å². The molecule has 3 aromatic rings. The quantitative estimate of drug-likeness (QED) is 0.558. The lowest BCUT2D eigenvalue weighted by Gasteiger charge is -2.01. The summed E-state index contributed by atoms with van der Waals surface area (Å²) in [6.45, 7) is 4.19. The van der Waals surface area contributed by atoms with Gasteiger partial charge in [0.05, 0.1) is 17.9 Å². The molecule has 0 fully saturated rings. The van der Waals surface area contributed by atoms with E-state index in [1.54, 1.807) is 34.8 Å². The van der Waals surface area contributed by atoms with E-state index in [9.17, 15) is 4.79 Å². The van der Waals surface area contributed by atoms with Crippen LogP contribution in [0.3, 0.4) is 0 Å². The average Bonchev–Trinajstić information content (AvgIpc) is 3.02. The molecule has 0 saturated heterocycles. The van der Waals surface area contributed by atoms with Gasteiger partial charge in [-0.25, -0.2) is 15.0 Å². The van der Waals surface area contributed by atoms with Gasteiger partial charge < -0.3 is 5.11 Å². The fourth-order valence-electron chi connectivity index (χ4n) is 2.04. The van der Waals surface area contributed by atoms with Crippen molar-refractivity contribution in [1.82, 2.24) is 15.0 Å². The maximum atomic E-state index is 10.7. The van der Waals surface area contributed by atoms with Crippen molar-refractivity contribution in [3.8, 4) is 0 Å². The van der Waals surface area contributed by atoms with Gasteiger partial charge in [-0.05, 0) is 19.4 Å². The number of aliphatic carboxylic acids is 1. The lowest BCUT2D eigenvalue weighted by atomic mass is 10.2. The largest absolute Gasteiger partial charge is 0.481 e. The first kappa shape index (κ1) is 15.4. The maximum Gasteiger partial charge on any atom is 0.309 e. The summed E-state index contributed by atoms with van der Waals surface area (Å²) in [6.07, 6.45) is 1.57. The first-order valence-electron chi connectivity index (χ1n) is 6.53. The van der Waals surface area contributed by atoms with E-state index in [-0.39, 0.29) is 6.42 Å². The van der Waals surface area contributed by atoms with Gasteiger partial charge in [0, 0.05) is 15.6 Å². The van der Waals surface area contributed by atoms with Crippen LogP contribution in [0.25, 0.3) is 10.2 Å². The van der Waals surface area contributed by atoms with Gasteiger partial charge >= 0.3 is 5.97 Å². The molecule has 0 spiro atoms. The van der Waals surface area contributed by atoms with Crippen LogP contribution in [0.5, 0.6) is 0 Å². The lowest BCUT2D eigenvalue weighted by Crippen LogP contribution is -2.00. The van der Waals surface area contributed by atoms with Crippen LogP contribution in [0.1, 0.15) is 21.1 Å². The number of thiophene rings is 1. The van der Waals surface area contributed by atoms with E-state index < -0.39 is 5.97 Å². The number of carboxylic acids is 1. The Morgan fingerprint density at radius 2 is 2.18 bits per heavy atom. The molecule has 0 saturated carbocycles. The van der Waals surface area contributed by atoms with Gasteiger partial charge in [0.1, 0.15) is 21.2 Å². The van der Waals surface area contributed by atoms with E-state index in [0.29, 0.717) is 11.4 Å². The van der Waals surface area contributed by atoms with Crippen LogP contribution in [-0.2, 0) is 17.0 Å². The molecule has 0 atom stereocenters. The van der Waals surface area contributed by atoms with E-state index >= 15 is 0 Å². The predicted molar refractivity (Wildman–Crippen MR) is 89.9 cm³/mol. The highest BCUT2D eigenvalue weighted by Gasteiger charge is 2.13. The average molecular weight is 351 g/mol. The fraction of sp³-hybridized carbons (Fsp3) is 0.286. The Bertz CT molecular complexity index is 841. The number of hydrogen-bond acceptors (Lipinski definition) is 7. The number of rotatable bonds is 5. The van der Waals surface area contributed by atoms with Crippen LogP contribution >= 0.6 is 34.4 Å². The fourth-order valence-corrected chi connectivity index (χ4v) is 4.97. The Kier molecular flexibility index (Phi) is 4.42. The zero-order valence-electron chi connectivity index (χ0n) is 12.0. The van der Waals surface area contributed by atoms with Gasteiger partial charge in [0.15, 0.2) is 0 Å². The molecule has 0 aliphatic heterocycles. The number of thioether (sulfide) groups is 1. The Balaban J connectivity index is 1.79. The van der Waals surface area contributed by atoms with Gasteiger partial charge in [0.2, 0.25) is 0 Å². The number of aryl methyl sites for hydroxylation is 2. The number of carbonyl (C=O) groups is 1. The topological polar surface area (TPSA) is 76.0 Å². The summed E-state index contributed by atoms with van der Waals surface area (Å²) in [5.74, 6) is -0.170. The standard InChI is InChI=1S/C14H13N3O2S3/c1-7-8(2)22-14-12(7)13(15-6-16-14)21-5-10-17-9(4-20-10)3-11(18)19/h4,6H,3,5H2,1-2H3,(H,18,19). The summed E-state index contributed by atoms with van der Waals surface area (Å²) < 4.78 is 0. The van der Waals surface area contributed by atoms with Crippen LogP contribution in [0.2, 0.25) is 0 Å². The van der Waals surface area contributed by atoms with Gasteiger partial charge in [-0.3, -0.25) is 4.79 Å². The van der Waals surface area contributed by atoms with E-state index in [0.717, 1.165) is 20.3 Å².